The number of aryl methyl sites for hydroxylation is 2. The van der Waals surface area contributed by atoms with Gasteiger partial charge >= 0.3 is 0 Å². The van der Waals surface area contributed by atoms with Gasteiger partial charge in [-0.1, -0.05) is 17.7 Å². The molecule has 2 rings (SSSR count). The summed E-state index contributed by atoms with van der Waals surface area (Å²) in [7, 11) is 3.46. The summed E-state index contributed by atoms with van der Waals surface area (Å²) in [6.45, 7) is 3.28. The van der Waals surface area contributed by atoms with Crippen molar-refractivity contribution in [3.8, 4) is 5.88 Å². The molecule has 0 radical (unpaired) electrons. The number of ether oxygens (including phenoxy) is 1. The van der Waals surface area contributed by atoms with Crippen molar-refractivity contribution in [1.82, 2.24) is 20.1 Å². The van der Waals surface area contributed by atoms with Crippen molar-refractivity contribution in [3.63, 3.8) is 0 Å². The van der Waals surface area contributed by atoms with Crippen LogP contribution in [0, 0.1) is 6.92 Å². The third kappa shape index (κ3) is 3.05. The van der Waals surface area contributed by atoms with Crippen LogP contribution in [0.25, 0.3) is 0 Å². The summed E-state index contributed by atoms with van der Waals surface area (Å²) < 4.78 is 6.89. The second-order valence-corrected chi connectivity index (χ2v) is 4.61. The first-order valence-corrected chi connectivity index (χ1v) is 6.38. The predicted octanol–water partition coefficient (Wildman–Crippen LogP) is 2.08. The summed E-state index contributed by atoms with van der Waals surface area (Å²) in [5, 5.41) is 8.28. The third-order valence-corrected chi connectivity index (χ3v) is 3.40. The lowest BCUT2D eigenvalue weighted by molar-refractivity contribution is 0.390. The molecule has 0 aromatic carbocycles. The minimum atomic E-state index is 0.643. The van der Waals surface area contributed by atoms with E-state index in [9.17, 15) is 0 Å². The normalized spacial score (nSPS) is 10.7. The molecule has 2 aromatic rings. The van der Waals surface area contributed by atoms with Gasteiger partial charge in [-0.15, -0.1) is 0 Å². The monoisotopic (exact) mass is 280 g/mol. The molecule has 5 nitrogen and oxygen atoms in total. The van der Waals surface area contributed by atoms with Gasteiger partial charge in [-0.25, -0.2) is 4.98 Å². The Balaban J connectivity index is 2.00. The zero-order valence-electron chi connectivity index (χ0n) is 11.3. The SMILES string of the molecule is COc1ncccc1CNCc1c(C)nn(C)c1Cl. The number of rotatable bonds is 5. The topological polar surface area (TPSA) is 52.0 Å². The van der Waals surface area contributed by atoms with E-state index in [0.717, 1.165) is 16.8 Å². The summed E-state index contributed by atoms with van der Waals surface area (Å²) in [6, 6.07) is 3.87. The standard InChI is InChI=1S/C13H17ClN4O/c1-9-11(12(14)18(2)17-9)8-15-7-10-5-4-6-16-13(10)19-3/h4-6,15H,7-8H2,1-3H3. The number of halogens is 1. The molecule has 0 spiro atoms. The Bertz CT molecular complexity index is 568. The first-order chi connectivity index (χ1) is 9.13. The molecule has 1 N–H and O–H groups in total. The van der Waals surface area contributed by atoms with Crippen LogP contribution in [-0.4, -0.2) is 21.9 Å². The molecule has 2 heterocycles. The molecule has 0 aliphatic carbocycles. The summed E-state index contributed by atoms with van der Waals surface area (Å²) in [6.07, 6.45) is 1.71. The highest BCUT2D eigenvalue weighted by Gasteiger charge is 2.11. The van der Waals surface area contributed by atoms with E-state index in [4.69, 9.17) is 16.3 Å². The lowest BCUT2D eigenvalue weighted by Crippen LogP contribution is -2.14. The van der Waals surface area contributed by atoms with Crippen LogP contribution >= 0.6 is 11.6 Å². The van der Waals surface area contributed by atoms with E-state index in [2.05, 4.69) is 15.4 Å². The largest absolute Gasteiger partial charge is 0.481 e. The van der Waals surface area contributed by atoms with Crippen molar-refractivity contribution in [2.45, 2.75) is 20.0 Å². The van der Waals surface area contributed by atoms with Gasteiger partial charge in [0.1, 0.15) is 5.15 Å². The van der Waals surface area contributed by atoms with E-state index in [0.29, 0.717) is 24.1 Å². The highest BCUT2D eigenvalue weighted by molar-refractivity contribution is 6.30. The Morgan fingerprint density at radius 1 is 1.42 bits per heavy atom. The average Bonchev–Trinajstić information content (AvgIpc) is 2.65. The quantitative estimate of drug-likeness (QED) is 0.911. The number of hydrogen-bond donors (Lipinski definition) is 1. The molecule has 6 heteroatoms. The van der Waals surface area contributed by atoms with Gasteiger partial charge in [0, 0.05) is 37.5 Å². The Kier molecular flexibility index (Phi) is 4.39. The van der Waals surface area contributed by atoms with Crippen LogP contribution in [0.5, 0.6) is 5.88 Å². The maximum atomic E-state index is 6.18. The van der Waals surface area contributed by atoms with Crippen LogP contribution in [0.2, 0.25) is 5.15 Å². The summed E-state index contributed by atoms with van der Waals surface area (Å²) in [5.41, 5.74) is 2.98. The predicted molar refractivity (Wildman–Crippen MR) is 74.3 cm³/mol. The fourth-order valence-corrected chi connectivity index (χ4v) is 2.18. The van der Waals surface area contributed by atoms with Crippen LogP contribution in [0.1, 0.15) is 16.8 Å². The first-order valence-electron chi connectivity index (χ1n) is 6.00. The van der Waals surface area contributed by atoms with Gasteiger partial charge < -0.3 is 10.1 Å². The number of nitrogens with one attached hydrogen (secondary N) is 1. The lowest BCUT2D eigenvalue weighted by Gasteiger charge is -2.08. The van der Waals surface area contributed by atoms with Crippen LogP contribution < -0.4 is 10.1 Å². The van der Waals surface area contributed by atoms with Gasteiger partial charge in [0.2, 0.25) is 5.88 Å². The van der Waals surface area contributed by atoms with Crippen molar-refractivity contribution >= 4 is 11.6 Å². The third-order valence-electron chi connectivity index (χ3n) is 2.93. The molecule has 0 unspecified atom stereocenters. The first kappa shape index (κ1) is 13.8. The fourth-order valence-electron chi connectivity index (χ4n) is 1.94. The summed E-state index contributed by atoms with van der Waals surface area (Å²) >= 11 is 6.18. The molecule has 0 aliphatic heterocycles. The Morgan fingerprint density at radius 3 is 2.84 bits per heavy atom. The van der Waals surface area contributed by atoms with E-state index in [1.54, 1.807) is 18.0 Å². The highest BCUT2D eigenvalue weighted by atomic mass is 35.5. The molecule has 19 heavy (non-hydrogen) atoms. The van der Waals surface area contributed by atoms with Crippen molar-refractivity contribution in [1.29, 1.82) is 0 Å². The van der Waals surface area contributed by atoms with Crippen LogP contribution in [-0.2, 0) is 20.1 Å². The maximum absolute atomic E-state index is 6.18. The van der Waals surface area contributed by atoms with Crippen molar-refractivity contribution < 1.29 is 4.74 Å². The van der Waals surface area contributed by atoms with Gasteiger partial charge in [0.15, 0.2) is 0 Å². The van der Waals surface area contributed by atoms with Crippen molar-refractivity contribution in [2.75, 3.05) is 7.11 Å². The van der Waals surface area contributed by atoms with Gasteiger partial charge in [-0.05, 0) is 13.0 Å². The molecule has 0 bridgehead atoms. The number of hydrogen-bond acceptors (Lipinski definition) is 4. The number of aromatic nitrogens is 3. The molecule has 0 saturated carbocycles. The lowest BCUT2D eigenvalue weighted by atomic mass is 10.2. The molecular formula is C13H17ClN4O. The molecule has 0 amide bonds. The minimum Gasteiger partial charge on any atom is -0.481 e. The second kappa shape index (κ2) is 6.04. The number of nitrogens with zero attached hydrogens (tertiary/aromatic N) is 3. The van der Waals surface area contributed by atoms with Crippen LogP contribution in [0.3, 0.4) is 0 Å². The van der Waals surface area contributed by atoms with E-state index < -0.39 is 0 Å². The molecule has 102 valence electrons. The summed E-state index contributed by atoms with van der Waals surface area (Å²) in [5.74, 6) is 0.643. The van der Waals surface area contributed by atoms with E-state index in [1.807, 2.05) is 26.1 Å². The minimum absolute atomic E-state index is 0.643. The molecule has 0 fully saturated rings. The Hall–Kier alpha value is -1.59. The molecule has 2 aromatic heterocycles. The molecule has 0 saturated heterocycles. The number of pyridine rings is 1. The van der Waals surface area contributed by atoms with Gasteiger partial charge in [-0.2, -0.15) is 5.10 Å². The van der Waals surface area contributed by atoms with E-state index in [1.165, 1.54) is 0 Å². The van der Waals surface area contributed by atoms with Crippen LogP contribution in [0.4, 0.5) is 0 Å². The van der Waals surface area contributed by atoms with E-state index >= 15 is 0 Å². The van der Waals surface area contributed by atoms with Gasteiger partial charge in [-0.3, -0.25) is 4.68 Å². The van der Waals surface area contributed by atoms with Crippen molar-refractivity contribution in [2.24, 2.45) is 7.05 Å². The Labute approximate surface area is 117 Å². The van der Waals surface area contributed by atoms with Gasteiger partial charge in [0.25, 0.3) is 0 Å². The van der Waals surface area contributed by atoms with Crippen molar-refractivity contribution in [3.05, 3.63) is 40.3 Å². The van der Waals surface area contributed by atoms with Gasteiger partial charge in [0.05, 0.1) is 12.8 Å². The molecule has 0 atom stereocenters. The average molecular weight is 281 g/mol. The molecule has 0 aliphatic rings. The maximum Gasteiger partial charge on any atom is 0.217 e. The highest BCUT2D eigenvalue weighted by Crippen LogP contribution is 2.19. The number of methoxy groups -OCH3 is 1. The zero-order valence-corrected chi connectivity index (χ0v) is 12.0. The molecular weight excluding hydrogens is 264 g/mol. The zero-order chi connectivity index (χ0) is 13.8. The summed E-state index contributed by atoms with van der Waals surface area (Å²) in [4.78, 5) is 4.16. The fraction of sp³-hybridized carbons (Fsp3) is 0.385. The second-order valence-electron chi connectivity index (χ2n) is 4.25. The Morgan fingerprint density at radius 2 is 2.21 bits per heavy atom. The van der Waals surface area contributed by atoms with E-state index in [-0.39, 0.29) is 0 Å². The van der Waals surface area contributed by atoms with Crippen LogP contribution in [0.15, 0.2) is 18.3 Å². The smallest absolute Gasteiger partial charge is 0.217 e.